The summed E-state index contributed by atoms with van der Waals surface area (Å²) in [5.74, 6) is 0.365. The minimum atomic E-state index is -0.191. The minimum Gasteiger partial charge on any atom is -0.391 e. The maximum Gasteiger partial charge on any atom is 0.185 e. The van der Waals surface area contributed by atoms with Crippen LogP contribution in [0, 0.1) is 12.8 Å². The second-order valence-corrected chi connectivity index (χ2v) is 4.92. The molecule has 1 fully saturated rings. The predicted octanol–water partition coefficient (Wildman–Crippen LogP) is 1.27. The Bertz CT molecular complexity index is 290. The highest BCUT2D eigenvalue weighted by Gasteiger charge is 2.29. The van der Waals surface area contributed by atoms with Gasteiger partial charge in [-0.1, -0.05) is 6.92 Å². The zero-order chi connectivity index (χ0) is 9.42. The van der Waals surface area contributed by atoms with Crippen LogP contribution in [-0.4, -0.2) is 29.3 Å². The van der Waals surface area contributed by atoms with Crippen molar-refractivity contribution in [1.29, 1.82) is 0 Å². The normalized spacial score (nSPS) is 28.4. The minimum absolute atomic E-state index is 0.191. The summed E-state index contributed by atoms with van der Waals surface area (Å²) in [6, 6.07) is 0. The Kier molecular flexibility index (Phi) is 2.26. The molecule has 1 N–H and O–H groups in total. The monoisotopic (exact) mass is 198 g/mol. The van der Waals surface area contributed by atoms with Gasteiger partial charge >= 0.3 is 0 Å². The van der Waals surface area contributed by atoms with Crippen molar-refractivity contribution in [3.8, 4) is 0 Å². The molecule has 1 aromatic rings. The average Bonchev–Trinajstić information content (AvgIpc) is 2.61. The summed E-state index contributed by atoms with van der Waals surface area (Å²) in [4.78, 5) is 7.69. The van der Waals surface area contributed by atoms with Crippen LogP contribution in [0.5, 0.6) is 0 Å². The van der Waals surface area contributed by atoms with Crippen molar-refractivity contribution in [2.45, 2.75) is 20.0 Å². The van der Waals surface area contributed by atoms with Crippen LogP contribution in [0.1, 0.15) is 11.8 Å². The van der Waals surface area contributed by atoms with Crippen LogP contribution in [0.15, 0.2) is 6.20 Å². The zero-order valence-corrected chi connectivity index (χ0v) is 8.71. The predicted molar refractivity (Wildman–Crippen MR) is 54.2 cm³/mol. The van der Waals surface area contributed by atoms with Crippen molar-refractivity contribution >= 4 is 16.5 Å². The molecule has 4 heteroatoms. The smallest absolute Gasteiger partial charge is 0.185 e. The third-order valence-electron chi connectivity index (χ3n) is 2.45. The molecule has 2 unspecified atom stereocenters. The van der Waals surface area contributed by atoms with E-state index in [2.05, 4.69) is 23.7 Å². The number of aryl methyl sites for hydroxylation is 1. The van der Waals surface area contributed by atoms with Crippen molar-refractivity contribution in [1.82, 2.24) is 4.98 Å². The van der Waals surface area contributed by atoms with E-state index in [0.717, 1.165) is 18.2 Å². The Morgan fingerprint density at radius 2 is 2.38 bits per heavy atom. The Balaban J connectivity index is 2.11. The fourth-order valence-corrected chi connectivity index (χ4v) is 2.37. The largest absolute Gasteiger partial charge is 0.391 e. The fraction of sp³-hybridized carbons (Fsp3) is 0.667. The number of rotatable bonds is 1. The first kappa shape index (κ1) is 8.97. The van der Waals surface area contributed by atoms with Crippen LogP contribution in [-0.2, 0) is 0 Å². The lowest BCUT2D eigenvalue weighted by atomic mass is 10.1. The number of thiazole rings is 1. The number of aliphatic hydroxyl groups excluding tert-OH is 1. The molecule has 1 saturated heterocycles. The molecule has 0 amide bonds. The highest BCUT2D eigenvalue weighted by molar-refractivity contribution is 7.15. The molecular formula is C9H14N2OS. The first-order chi connectivity index (χ1) is 6.16. The van der Waals surface area contributed by atoms with Crippen LogP contribution in [0.3, 0.4) is 0 Å². The van der Waals surface area contributed by atoms with Gasteiger partial charge in [-0.3, -0.25) is 0 Å². The Morgan fingerprint density at radius 3 is 2.85 bits per heavy atom. The van der Waals surface area contributed by atoms with Gasteiger partial charge in [0.05, 0.1) is 6.10 Å². The van der Waals surface area contributed by atoms with Crippen LogP contribution in [0.25, 0.3) is 0 Å². The van der Waals surface area contributed by atoms with Gasteiger partial charge in [-0.05, 0) is 6.92 Å². The Labute approximate surface area is 82.0 Å². The molecule has 0 bridgehead atoms. The van der Waals surface area contributed by atoms with E-state index in [1.807, 2.05) is 6.20 Å². The summed E-state index contributed by atoms with van der Waals surface area (Å²) in [5.41, 5.74) is 0. The number of hydrogen-bond acceptors (Lipinski definition) is 4. The van der Waals surface area contributed by atoms with E-state index in [-0.39, 0.29) is 6.10 Å². The number of β-amino-alcohol motifs (C(OH)–C–C–N with tert-alkyl or cyclic N) is 1. The molecular weight excluding hydrogens is 184 g/mol. The SMILES string of the molecule is Cc1cnc(N2CC(C)C(O)C2)s1. The van der Waals surface area contributed by atoms with E-state index in [1.54, 1.807) is 11.3 Å². The molecule has 2 atom stereocenters. The molecule has 0 aromatic carbocycles. The van der Waals surface area contributed by atoms with Gasteiger partial charge in [0.2, 0.25) is 0 Å². The maximum absolute atomic E-state index is 9.57. The molecule has 0 radical (unpaired) electrons. The van der Waals surface area contributed by atoms with E-state index in [4.69, 9.17) is 0 Å². The van der Waals surface area contributed by atoms with E-state index >= 15 is 0 Å². The van der Waals surface area contributed by atoms with Gasteiger partial charge in [-0.2, -0.15) is 0 Å². The van der Waals surface area contributed by atoms with E-state index in [1.165, 1.54) is 4.88 Å². The van der Waals surface area contributed by atoms with Gasteiger partial charge in [-0.15, -0.1) is 11.3 Å². The summed E-state index contributed by atoms with van der Waals surface area (Å²) < 4.78 is 0. The lowest BCUT2D eigenvalue weighted by Gasteiger charge is -2.12. The summed E-state index contributed by atoms with van der Waals surface area (Å²) in [6.07, 6.45) is 1.69. The van der Waals surface area contributed by atoms with Crippen LogP contribution < -0.4 is 4.90 Å². The molecule has 2 heterocycles. The van der Waals surface area contributed by atoms with Crippen molar-refractivity contribution in [2.75, 3.05) is 18.0 Å². The highest BCUT2D eigenvalue weighted by Crippen LogP contribution is 2.27. The van der Waals surface area contributed by atoms with E-state index in [0.29, 0.717) is 5.92 Å². The van der Waals surface area contributed by atoms with Gasteiger partial charge < -0.3 is 10.0 Å². The van der Waals surface area contributed by atoms with Gasteiger partial charge in [0.25, 0.3) is 0 Å². The molecule has 0 aliphatic carbocycles. The summed E-state index contributed by atoms with van der Waals surface area (Å²) >= 11 is 1.69. The number of aliphatic hydroxyl groups is 1. The Morgan fingerprint density at radius 1 is 1.62 bits per heavy atom. The first-order valence-corrected chi connectivity index (χ1v) is 5.34. The lowest BCUT2D eigenvalue weighted by Crippen LogP contribution is -2.20. The second-order valence-electron chi connectivity index (χ2n) is 3.70. The molecule has 0 spiro atoms. The zero-order valence-electron chi connectivity index (χ0n) is 7.90. The molecule has 1 aliphatic rings. The van der Waals surface area contributed by atoms with Gasteiger partial charge in [0.15, 0.2) is 5.13 Å². The van der Waals surface area contributed by atoms with Gasteiger partial charge in [-0.25, -0.2) is 4.98 Å². The first-order valence-electron chi connectivity index (χ1n) is 4.52. The topological polar surface area (TPSA) is 36.4 Å². The summed E-state index contributed by atoms with van der Waals surface area (Å²) in [6.45, 7) is 5.78. The lowest BCUT2D eigenvalue weighted by molar-refractivity contribution is 0.157. The molecule has 13 heavy (non-hydrogen) atoms. The van der Waals surface area contributed by atoms with Crippen LogP contribution >= 0.6 is 11.3 Å². The Hall–Kier alpha value is -0.610. The molecule has 3 nitrogen and oxygen atoms in total. The standard InChI is InChI=1S/C9H14N2OS/c1-6-4-11(5-8(6)12)9-10-3-7(2)13-9/h3,6,8,12H,4-5H2,1-2H3. The van der Waals surface area contributed by atoms with Gasteiger partial charge in [0, 0.05) is 30.1 Å². The molecule has 72 valence electrons. The number of nitrogens with zero attached hydrogens (tertiary/aromatic N) is 2. The molecule has 2 rings (SSSR count). The van der Waals surface area contributed by atoms with Gasteiger partial charge in [0.1, 0.15) is 0 Å². The molecule has 1 aromatic heterocycles. The van der Waals surface area contributed by atoms with Crippen molar-refractivity contribution in [3.63, 3.8) is 0 Å². The number of hydrogen-bond donors (Lipinski definition) is 1. The summed E-state index contributed by atoms with van der Waals surface area (Å²) in [7, 11) is 0. The van der Waals surface area contributed by atoms with Crippen molar-refractivity contribution in [2.24, 2.45) is 5.92 Å². The molecule has 0 saturated carbocycles. The number of aromatic nitrogens is 1. The van der Waals surface area contributed by atoms with Crippen LogP contribution in [0.4, 0.5) is 5.13 Å². The molecule has 1 aliphatic heterocycles. The quantitative estimate of drug-likeness (QED) is 0.738. The van der Waals surface area contributed by atoms with Crippen molar-refractivity contribution < 1.29 is 5.11 Å². The third kappa shape index (κ3) is 1.69. The highest BCUT2D eigenvalue weighted by atomic mass is 32.1. The fourth-order valence-electron chi connectivity index (χ4n) is 1.59. The average molecular weight is 198 g/mol. The van der Waals surface area contributed by atoms with E-state index < -0.39 is 0 Å². The number of anilines is 1. The third-order valence-corrected chi connectivity index (χ3v) is 3.43. The maximum atomic E-state index is 9.57. The van der Waals surface area contributed by atoms with Crippen molar-refractivity contribution in [3.05, 3.63) is 11.1 Å². The van der Waals surface area contributed by atoms with E-state index in [9.17, 15) is 5.11 Å². The second kappa shape index (κ2) is 3.27. The van der Waals surface area contributed by atoms with Crippen LogP contribution in [0.2, 0.25) is 0 Å². The summed E-state index contributed by atoms with van der Waals surface area (Å²) in [5, 5.41) is 10.6.